The monoisotopic (exact) mass is 291 g/mol. The summed E-state index contributed by atoms with van der Waals surface area (Å²) in [6, 6.07) is -0.185. The van der Waals surface area contributed by atoms with Gasteiger partial charge in [-0.25, -0.2) is 0 Å². The number of carboxylic acid groups (broad SMARTS) is 1. The van der Waals surface area contributed by atoms with Crippen molar-refractivity contribution in [1.82, 2.24) is 14.7 Å². The van der Waals surface area contributed by atoms with Crippen LogP contribution in [0.2, 0.25) is 0 Å². The van der Waals surface area contributed by atoms with Crippen molar-refractivity contribution in [3.63, 3.8) is 0 Å². The van der Waals surface area contributed by atoms with Gasteiger partial charge < -0.3 is 10.0 Å². The van der Waals surface area contributed by atoms with E-state index < -0.39 is 5.97 Å². The Morgan fingerprint density at radius 2 is 2.10 bits per heavy atom. The molecule has 6 heteroatoms. The Bertz CT molecular complexity index is 536. The maximum Gasteiger partial charge on any atom is 0.305 e. The Hall–Kier alpha value is -1.85. The number of amides is 1. The molecule has 0 spiro atoms. The van der Waals surface area contributed by atoms with Crippen LogP contribution in [0.4, 0.5) is 0 Å². The molecule has 1 aromatic rings. The van der Waals surface area contributed by atoms with Crippen LogP contribution >= 0.6 is 0 Å². The molecule has 1 saturated carbocycles. The average Bonchev–Trinajstić information content (AvgIpc) is 3.13. The molecule has 3 rings (SSSR count). The van der Waals surface area contributed by atoms with E-state index in [0.29, 0.717) is 18.0 Å². The molecule has 1 saturated heterocycles. The molecular formula is C15H21N3O3. The summed E-state index contributed by atoms with van der Waals surface area (Å²) >= 11 is 0. The largest absolute Gasteiger partial charge is 0.481 e. The summed E-state index contributed by atoms with van der Waals surface area (Å²) in [5.74, 6) is -0.213. The number of likely N-dealkylation sites (tertiary alicyclic amines) is 1. The third-order valence-corrected chi connectivity index (χ3v) is 4.32. The first-order valence-electron chi connectivity index (χ1n) is 7.68. The highest BCUT2D eigenvalue weighted by molar-refractivity contribution is 5.94. The van der Waals surface area contributed by atoms with Crippen molar-refractivity contribution >= 4 is 11.9 Å². The predicted molar refractivity (Wildman–Crippen MR) is 75.9 cm³/mol. The van der Waals surface area contributed by atoms with E-state index in [-0.39, 0.29) is 18.4 Å². The van der Waals surface area contributed by atoms with Crippen LogP contribution in [-0.2, 0) is 11.3 Å². The Kier molecular flexibility index (Phi) is 3.94. The molecule has 1 N–H and O–H groups in total. The summed E-state index contributed by atoms with van der Waals surface area (Å²) < 4.78 is 1.83. The quantitative estimate of drug-likeness (QED) is 0.897. The standard InChI is InChI=1S/C15H21N3O3/c19-14(20)7-13-3-1-2-6-18(13)15(21)12-8-16-17(10-12)9-11-4-5-11/h8,10-11,13H,1-7,9H2,(H,19,20). The van der Waals surface area contributed by atoms with Gasteiger partial charge in [0.2, 0.25) is 0 Å². The smallest absolute Gasteiger partial charge is 0.305 e. The lowest BCUT2D eigenvalue weighted by molar-refractivity contribution is -0.138. The van der Waals surface area contributed by atoms with E-state index in [0.717, 1.165) is 25.8 Å². The summed E-state index contributed by atoms with van der Waals surface area (Å²) in [6.07, 6.45) is 8.63. The van der Waals surface area contributed by atoms with Crippen LogP contribution in [0, 0.1) is 5.92 Å². The Morgan fingerprint density at radius 3 is 2.81 bits per heavy atom. The molecule has 0 aromatic carbocycles. The van der Waals surface area contributed by atoms with Gasteiger partial charge in [-0.1, -0.05) is 0 Å². The molecule has 1 amide bonds. The van der Waals surface area contributed by atoms with Crippen LogP contribution in [0.5, 0.6) is 0 Å². The minimum absolute atomic E-state index is 0.0297. The molecule has 1 aromatic heterocycles. The lowest BCUT2D eigenvalue weighted by Crippen LogP contribution is -2.44. The first kappa shape index (κ1) is 14.1. The number of carbonyl (C=O) groups is 2. The van der Waals surface area contributed by atoms with Gasteiger partial charge in [0.1, 0.15) is 0 Å². The number of aromatic nitrogens is 2. The first-order chi connectivity index (χ1) is 10.1. The summed E-state index contributed by atoms with van der Waals surface area (Å²) in [4.78, 5) is 25.3. The Balaban J connectivity index is 1.69. The summed E-state index contributed by atoms with van der Waals surface area (Å²) in [7, 11) is 0. The van der Waals surface area contributed by atoms with Gasteiger partial charge in [-0.05, 0) is 38.0 Å². The van der Waals surface area contributed by atoms with Gasteiger partial charge in [-0.2, -0.15) is 5.10 Å². The van der Waals surface area contributed by atoms with Gasteiger partial charge in [-0.15, -0.1) is 0 Å². The van der Waals surface area contributed by atoms with Gasteiger partial charge in [-0.3, -0.25) is 14.3 Å². The predicted octanol–water partition coefficient (Wildman–Crippen LogP) is 1.76. The molecule has 21 heavy (non-hydrogen) atoms. The minimum Gasteiger partial charge on any atom is -0.481 e. The number of nitrogens with zero attached hydrogens (tertiary/aromatic N) is 3. The van der Waals surface area contributed by atoms with Crippen LogP contribution < -0.4 is 0 Å². The molecule has 2 fully saturated rings. The van der Waals surface area contributed by atoms with E-state index in [2.05, 4.69) is 5.10 Å². The molecule has 0 bridgehead atoms. The number of piperidine rings is 1. The summed E-state index contributed by atoms with van der Waals surface area (Å²) in [5.41, 5.74) is 0.577. The number of carboxylic acids is 1. The SMILES string of the molecule is O=C(O)CC1CCCCN1C(=O)c1cnn(CC2CC2)c1. The van der Waals surface area contributed by atoms with E-state index in [9.17, 15) is 9.59 Å². The lowest BCUT2D eigenvalue weighted by atomic mass is 9.98. The van der Waals surface area contributed by atoms with E-state index >= 15 is 0 Å². The maximum atomic E-state index is 12.6. The highest BCUT2D eigenvalue weighted by Gasteiger charge is 2.30. The fourth-order valence-electron chi connectivity index (χ4n) is 2.99. The number of hydrogen-bond acceptors (Lipinski definition) is 3. The van der Waals surface area contributed by atoms with E-state index in [4.69, 9.17) is 5.11 Å². The van der Waals surface area contributed by atoms with E-state index in [1.165, 1.54) is 12.8 Å². The van der Waals surface area contributed by atoms with Crippen molar-refractivity contribution in [2.24, 2.45) is 5.92 Å². The topological polar surface area (TPSA) is 75.4 Å². The van der Waals surface area contributed by atoms with Crippen molar-refractivity contribution in [3.8, 4) is 0 Å². The number of aliphatic carboxylic acids is 1. The van der Waals surface area contributed by atoms with Gasteiger partial charge in [0, 0.05) is 25.3 Å². The maximum absolute atomic E-state index is 12.6. The Labute approximate surface area is 123 Å². The van der Waals surface area contributed by atoms with Crippen LogP contribution in [0.3, 0.4) is 0 Å². The number of hydrogen-bond donors (Lipinski definition) is 1. The van der Waals surface area contributed by atoms with Crippen molar-refractivity contribution in [1.29, 1.82) is 0 Å². The van der Waals surface area contributed by atoms with Crippen LogP contribution in [-0.4, -0.2) is 44.3 Å². The zero-order valence-corrected chi connectivity index (χ0v) is 12.1. The minimum atomic E-state index is -0.843. The summed E-state index contributed by atoms with van der Waals surface area (Å²) in [5, 5.41) is 13.2. The Morgan fingerprint density at radius 1 is 1.29 bits per heavy atom. The highest BCUT2D eigenvalue weighted by atomic mass is 16.4. The van der Waals surface area contributed by atoms with Crippen LogP contribution in [0.1, 0.15) is 48.9 Å². The number of rotatable bonds is 5. The zero-order valence-electron chi connectivity index (χ0n) is 12.1. The van der Waals surface area contributed by atoms with E-state index in [1.807, 2.05) is 4.68 Å². The lowest BCUT2D eigenvalue weighted by Gasteiger charge is -2.34. The van der Waals surface area contributed by atoms with Gasteiger partial charge in [0.25, 0.3) is 5.91 Å². The third-order valence-electron chi connectivity index (χ3n) is 4.32. The van der Waals surface area contributed by atoms with Crippen molar-refractivity contribution in [2.45, 2.75) is 51.1 Å². The van der Waals surface area contributed by atoms with Gasteiger partial charge in [0.15, 0.2) is 0 Å². The fraction of sp³-hybridized carbons (Fsp3) is 0.667. The van der Waals surface area contributed by atoms with Crippen molar-refractivity contribution < 1.29 is 14.7 Å². The highest BCUT2D eigenvalue weighted by Crippen LogP contribution is 2.30. The first-order valence-corrected chi connectivity index (χ1v) is 7.68. The van der Waals surface area contributed by atoms with Gasteiger partial charge in [0.05, 0.1) is 18.2 Å². The van der Waals surface area contributed by atoms with E-state index in [1.54, 1.807) is 17.3 Å². The average molecular weight is 291 g/mol. The molecule has 6 nitrogen and oxygen atoms in total. The second-order valence-corrected chi connectivity index (χ2v) is 6.14. The van der Waals surface area contributed by atoms with Crippen LogP contribution in [0.15, 0.2) is 12.4 Å². The molecule has 2 aliphatic rings. The normalized spacial score (nSPS) is 22.3. The molecule has 114 valence electrons. The molecule has 2 heterocycles. The molecule has 1 unspecified atom stereocenters. The molecule has 1 aliphatic heterocycles. The summed E-state index contributed by atoms with van der Waals surface area (Å²) in [6.45, 7) is 1.52. The van der Waals surface area contributed by atoms with Gasteiger partial charge >= 0.3 is 5.97 Å². The fourth-order valence-corrected chi connectivity index (χ4v) is 2.99. The molecule has 1 atom stereocenters. The zero-order chi connectivity index (χ0) is 14.8. The second-order valence-electron chi connectivity index (χ2n) is 6.14. The molecule has 1 aliphatic carbocycles. The molecule has 0 radical (unpaired) electrons. The van der Waals surface area contributed by atoms with Crippen LogP contribution in [0.25, 0.3) is 0 Å². The van der Waals surface area contributed by atoms with Crippen molar-refractivity contribution in [2.75, 3.05) is 6.54 Å². The number of carbonyl (C=O) groups excluding carboxylic acids is 1. The second kappa shape index (κ2) is 5.87. The third kappa shape index (κ3) is 3.43. The molecular weight excluding hydrogens is 270 g/mol. The van der Waals surface area contributed by atoms with Crippen molar-refractivity contribution in [3.05, 3.63) is 18.0 Å².